The molecule has 6 heteroatoms. The Bertz CT molecular complexity index is 1600. The van der Waals surface area contributed by atoms with E-state index in [0.29, 0.717) is 12.8 Å². The zero-order valence-electron chi connectivity index (χ0n) is 41.4. The number of unbranched alkanes of at least 4 members (excludes halogenated alkanes) is 7. The number of carbonyl (C=O) groups excluding carboxylic acids is 3. The minimum atomic E-state index is -0.853. The van der Waals surface area contributed by atoms with Crippen LogP contribution in [0, 0.1) is 0 Å². The standard InChI is InChI=1S/C60H88O6/c1-4-7-10-13-16-19-22-25-27-29-30-31-33-35-38-41-44-47-50-53-59(62)65-56-57(55-64-58(61)52-49-46-43-40-37-34-24-21-18-15-12-9-6-3)66-60(63)54-51-48-45-42-39-36-32-28-26-23-20-17-14-11-8-5-2/h7-12,15-21,24-28,30-31,34-35,37-38,40,43-44,47,57H,4-6,13-14,22-23,29,32-33,36,39,41-42,45-46,48-56H2,1-3H3/b10-7+,11-8+,12-9+,18-15+,19-16+,20-17+,24-21+,27-25+,28-26+,31-30+,37-34+,38-35+,43-40+,47-44+. The van der Waals surface area contributed by atoms with Crippen LogP contribution in [-0.4, -0.2) is 37.2 Å². The zero-order valence-corrected chi connectivity index (χ0v) is 41.4. The Morgan fingerprint density at radius 2 is 0.667 bits per heavy atom. The highest BCUT2D eigenvalue weighted by molar-refractivity contribution is 5.71. The minimum Gasteiger partial charge on any atom is -0.462 e. The lowest BCUT2D eigenvalue weighted by Crippen LogP contribution is -2.30. The third-order valence-electron chi connectivity index (χ3n) is 9.59. The van der Waals surface area contributed by atoms with Gasteiger partial charge in [0.05, 0.1) is 0 Å². The van der Waals surface area contributed by atoms with E-state index in [-0.39, 0.29) is 50.4 Å². The van der Waals surface area contributed by atoms with E-state index in [4.69, 9.17) is 14.2 Å². The summed E-state index contributed by atoms with van der Waals surface area (Å²) in [6.45, 7) is 6.09. The van der Waals surface area contributed by atoms with Gasteiger partial charge in [0.25, 0.3) is 0 Å². The van der Waals surface area contributed by atoms with Gasteiger partial charge in [-0.2, -0.15) is 0 Å². The highest BCUT2D eigenvalue weighted by atomic mass is 16.6. The minimum absolute atomic E-state index is 0.153. The van der Waals surface area contributed by atoms with Gasteiger partial charge in [0.15, 0.2) is 6.10 Å². The first-order chi connectivity index (χ1) is 32.5. The number of hydrogen-bond donors (Lipinski definition) is 0. The van der Waals surface area contributed by atoms with E-state index in [1.165, 1.54) is 12.8 Å². The first-order valence-corrected chi connectivity index (χ1v) is 25.2. The van der Waals surface area contributed by atoms with Gasteiger partial charge in [0, 0.05) is 19.3 Å². The van der Waals surface area contributed by atoms with Gasteiger partial charge in [0.1, 0.15) is 13.2 Å². The third-order valence-corrected chi connectivity index (χ3v) is 9.59. The van der Waals surface area contributed by atoms with Crippen molar-refractivity contribution in [2.45, 2.75) is 175 Å². The average Bonchev–Trinajstić information content (AvgIpc) is 3.31. The van der Waals surface area contributed by atoms with Crippen molar-refractivity contribution in [3.63, 3.8) is 0 Å². The molecule has 66 heavy (non-hydrogen) atoms. The smallest absolute Gasteiger partial charge is 0.306 e. The maximum Gasteiger partial charge on any atom is 0.306 e. The van der Waals surface area contributed by atoms with Gasteiger partial charge in [-0.1, -0.05) is 217 Å². The summed E-state index contributed by atoms with van der Waals surface area (Å²) in [5, 5.41) is 0. The third kappa shape index (κ3) is 49.8. The summed E-state index contributed by atoms with van der Waals surface area (Å²) in [5.74, 6) is -1.14. The summed E-state index contributed by atoms with van der Waals surface area (Å²) < 4.78 is 16.6. The molecule has 0 rings (SSSR count). The monoisotopic (exact) mass is 905 g/mol. The molecule has 0 heterocycles. The van der Waals surface area contributed by atoms with Crippen LogP contribution in [0.25, 0.3) is 0 Å². The normalized spacial score (nSPS) is 13.6. The number of esters is 3. The van der Waals surface area contributed by atoms with Crippen LogP contribution < -0.4 is 0 Å². The largest absolute Gasteiger partial charge is 0.462 e. The van der Waals surface area contributed by atoms with Crippen LogP contribution in [0.3, 0.4) is 0 Å². The summed E-state index contributed by atoms with van der Waals surface area (Å²) >= 11 is 0. The van der Waals surface area contributed by atoms with Crippen molar-refractivity contribution in [3.05, 3.63) is 170 Å². The first kappa shape index (κ1) is 60.8. The maximum absolute atomic E-state index is 12.8. The second-order valence-electron chi connectivity index (χ2n) is 15.7. The summed E-state index contributed by atoms with van der Waals surface area (Å²) in [6.07, 6.45) is 77.8. The van der Waals surface area contributed by atoms with Gasteiger partial charge in [-0.05, 0) is 103 Å². The molecule has 6 nitrogen and oxygen atoms in total. The maximum atomic E-state index is 12.8. The molecule has 0 spiro atoms. The molecule has 1 atom stereocenters. The van der Waals surface area contributed by atoms with Crippen LogP contribution in [0.2, 0.25) is 0 Å². The highest BCUT2D eigenvalue weighted by Crippen LogP contribution is 2.11. The van der Waals surface area contributed by atoms with Gasteiger partial charge < -0.3 is 14.2 Å². The van der Waals surface area contributed by atoms with E-state index in [0.717, 1.165) is 103 Å². The van der Waals surface area contributed by atoms with Crippen molar-refractivity contribution in [2.24, 2.45) is 0 Å². The summed E-state index contributed by atoms with van der Waals surface area (Å²) in [5.41, 5.74) is 0. The molecular weight excluding hydrogens is 817 g/mol. The fourth-order valence-corrected chi connectivity index (χ4v) is 5.92. The van der Waals surface area contributed by atoms with E-state index >= 15 is 0 Å². The molecule has 0 fully saturated rings. The Morgan fingerprint density at radius 1 is 0.318 bits per heavy atom. The Hall–Kier alpha value is -5.23. The molecule has 0 aliphatic heterocycles. The van der Waals surface area contributed by atoms with Crippen LogP contribution in [0.1, 0.15) is 168 Å². The summed E-state index contributed by atoms with van der Waals surface area (Å²) in [7, 11) is 0. The fraction of sp³-hybridized carbons (Fsp3) is 0.483. The summed E-state index contributed by atoms with van der Waals surface area (Å²) in [6, 6.07) is 0. The number of carbonyl (C=O) groups is 3. The summed E-state index contributed by atoms with van der Waals surface area (Å²) in [4.78, 5) is 37.9. The van der Waals surface area contributed by atoms with E-state index in [1.807, 2.05) is 66.8 Å². The molecule has 0 saturated heterocycles. The molecule has 0 aliphatic rings. The van der Waals surface area contributed by atoms with Crippen LogP contribution in [-0.2, 0) is 28.6 Å². The van der Waals surface area contributed by atoms with Crippen molar-refractivity contribution in [1.29, 1.82) is 0 Å². The zero-order chi connectivity index (χ0) is 47.9. The molecular formula is C60H88O6. The number of rotatable bonds is 42. The number of ether oxygens (including phenoxy) is 3. The van der Waals surface area contributed by atoms with Crippen molar-refractivity contribution in [2.75, 3.05) is 13.2 Å². The molecule has 0 N–H and O–H groups in total. The fourth-order valence-electron chi connectivity index (χ4n) is 5.92. The van der Waals surface area contributed by atoms with E-state index in [9.17, 15) is 14.4 Å². The molecule has 0 aliphatic carbocycles. The van der Waals surface area contributed by atoms with Gasteiger partial charge in [0.2, 0.25) is 0 Å². The Balaban J connectivity index is 4.65. The van der Waals surface area contributed by atoms with Crippen molar-refractivity contribution < 1.29 is 28.6 Å². The van der Waals surface area contributed by atoms with Crippen LogP contribution in [0.4, 0.5) is 0 Å². The highest BCUT2D eigenvalue weighted by Gasteiger charge is 2.19. The average molecular weight is 905 g/mol. The van der Waals surface area contributed by atoms with E-state index < -0.39 is 6.10 Å². The van der Waals surface area contributed by atoms with Gasteiger partial charge >= 0.3 is 17.9 Å². The molecule has 0 saturated carbocycles. The van der Waals surface area contributed by atoms with Crippen LogP contribution in [0.15, 0.2) is 170 Å². The van der Waals surface area contributed by atoms with Crippen molar-refractivity contribution in [1.82, 2.24) is 0 Å². The van der Waals surface area contributed by atoms with Gasteiger partial charge in [-0.3, -0.25) is 14.4 Å². The van der Waals surface area contributed by atoms with Gasteiger partial charge in [-0.15, -0.1) is 0 Å². The first-order valence-electron chi connectivity index (χ1n) is 25.2. The molecule has 0 aromatic heterocycles. The lowest BCUT2D eigenvalue weighted by Gasteiger charge is -2.18. The topological polar surface area (TPSA) is 78.9 Å². The van der Waals surface area contributed by atoms with Crippen LogP contribution >= 0.6 is 0 Å². The molecule has 0 radical (unpaired) electrons. The van der Waals surface area contributed by atoms with Crippen LogP contribution in [0.5, 0.6) is 0 Å². The Labute approximate surface area is 402 Å². The molecule has 364 valence electrons. The molecule has 1 unspecified atom stereocenters. The molecule has 0 aromatic carbocycles. The Morgan fingerprint density at radius 3 is 1.15 bits per heavy atom. The Kier molecular flexibility index (Phi) is 48.2. The van der Waals surface area contributed by atoms with Crippen molar-refractivity contribution in [3.8, 4) is 0 Å². The number of allylic oxidation sites excluding steroid dienone is 28. The lowest BCUT2D eigenvalue weighted by molar-refractivity contribution is -0.166. The number of hydrogen-bond acceptors (Lipinski definition) is 6. The molecule has 0 bridgehead atoms. The lowest BCUT2D eigenvalue weighted by atomic mass is 10.1. The predicted octanol–water partition coefficient (Wildman–Crippen LogP) is 16.8. The van der Waals surface area contributed by atoms with Gasteiger partial charge in [-0.25, -0.2) is 0 Å². The quantitative estimate of drug-likeness (QED) is 0.0200. The molecule has 0 amide bonds. The second kappa shape index (κ2) is 52.4. The second-order valence-corrected chi connectivity index (χ2v) is 15.7. The van der Waals surface area contributed by atoms with E-state index in [1.54, 1.807) is 0 Å². The molecule has 0 aromatic rings. The van der Waals surface area contributed by atoms with Crippen molar-refractivity contribution >= 4 is 17.9 Å². The predicted molar refractivity (Wildman–Crippen MR) is 283 cm³/mol. The van der Waals surface area contributed by atoms with E-state index in [2.05, 4.69) is 124 Å². The SMILES string of the molecule is CC/C=C/C=C/C=C/C=C/C=C/CCCC(=O)OCC(COC(=O)CC/C=C/C/C=C/C/C=C/C/C=C/C/C=C/C/C=C/CC)OC(=O)CCCCCCCC/C=C/C/C=C/C/C=C/CC.